The van der Waals surface area contributed by atoms with Crippen LogP contribution in [0.3, 0.4) is 0 Å². The summed E-state index contributed by atoms with van der Waals surface area (Å²) in [5.74, 6) is -1.95. The first-order valence-electron chi connectivity index (χ1n) is 8.91. The Labute approximate surface area is 197 Å². The maximum Gasteiger partial charge on any atom is 0.345 e. The molecule has 0 radical (unpaired) electrons. The van der Waals surface area contributed by atoms with Crippen LogP contribution in [0.15, 0.2) is 41.3 Å². The van der Waals surface area contributed by atoms with E-state index in [1.165, 1.54) is 31.4 Å². The number of esters is 2. The summed E-state index contributed by atoms with van der Waals surface area (Å²) in [6, 6.07) is 9.07. The van der Waals surface area contributed by atoms with Crippen molar-refractivity contribution < 1.29 is 33.4 Å². The highest BCUT2D eigenvalue weighted by atomic mass is 35.5. The van der Waals surface area contributed by atoms with E-state index in [1.54, 1.807) is 18.2 Å². The van der Waals surface area contributed by atoms with Gasteiger partial charge in [0.1, 0.15) is 6.54 Å². The maximum atomic E-state index is 12.7. The highest BCUT2D eigenvalue weighted by Crippen LogP contribution is 2.38. The summed E-state index contributed by atoms with van der Waals surface area (Å²) < 4.78 is 15.3. The predicted octanol–water partition coefficient (Wildman–Crippen LogP) is 4.43. The van der Waals surface area contributed by atoms with E-state index in [4.69, 9.17) is 32.7 Å². The van der Waals surface area contributed by atoms with Gasteiger partial charge < -0.3 is 14.2 Å². The first kappa shape index (κ1) is 23.6. The van der Waals surface area contributed by atoms with Crippen molar-refractivity contribution in [3.8, 4) is 11.5 Å². The Morgan fingerprint density at radius 3 is 2.53 bits per heavy atom. The molecular weight excluding hydrogens is 481 g/mol. The highest BCUT2D eigenvalue weighted by Gasteiger charge is 2.37. The van der Waals surface area contributed by atoms with E-state index in [0.717, 1.165) is 12.0 Å². The summed E-state index contributed by atoms with van der Waals surface area (Å²) in [5.41, 5.74) is 0.373. The van der Waals surface area contributed by atoms with E-state index in [1.807, 2.05) is 0 Å². The molecule has 0 atom stereocenters. The Morgan fingerprint density at radius 2 is 1.88 bits per heavy atom. The van der Waals surface area contributed by atoms with Crippen molar-refractivity contribution in [2.75, 3.05) is 20.8 Å². The van der Waals surface area contributed by atoms with Crippen molar-refractivity contribution in [2.24, 2.45) is 0 Å². The Balaban J connectivity index is 1.95. The third-order valence-corrected chi connectivity index (χ3v) is 5.71. The Kier molecular flexibility index (Phi) is 7.44. The molecule has 32 heavy (non-hydrogen) atoms. The van der Waals surface area contributed by atoms with Crippen LogP contribution in [-0.2, 0) is 14.3 Å². The lowest BCUT2D eigenvalue weighted by atomic mass is 10.1. The predicted molar refractivity (Wildman–Crippen MR) is 119 cm³/mol. The van der Waals surface area contributed by atoms with Gasteiger partial charge in [0.15, 0.2) is 11.5 Å². The minimum absolute atomic E-state index is 0.0192. The van der Waals surface area contributed by atoms with Gasteiger partial charge in [-0.1, -0.05) is 35.3 Å². The zero-order valence-electron chi connectivity index (χ0n) is 16.7. The monoisotopic (exact) mass is 495 g/mol. The van der Waals surface area contributed by atoms with Crippen LogP contribution in [0, 0.1) is 0 Å². The van der Waals surface area contributed by atoms with Gasteiger partial charge in [-0.2, -0.15) is 0 Å². The van der Waals surface area contributed by atoms with E-state index in [9.17, 15) is 19.2 Å². The van der Waals surface area contributed by atoms with Crippen LogP contribution in [0.25, 0.3) is 6.08 Å². The fraction of sp³-hybridized carbons (Fsp3) is 0.143. The van der Waals surface area contributed by atoms with Crippen molar-refractivity contribution >= 4 is 64.1 Å². The zero-order chi connectivity index (χ0) is 23.4. The molecule has 0 aromatic heterocycles. The van der Waals surface area contributed by atoms with Crippen LogP contribution in [0.1, 0.15) is 15.9 Å². The number of amides is 2. The lowest BCUT2D eigenvalue weighted by Crippen LogP contribution is -2.34. The number of carbonyl (C=O) groups is 4. The third kappa shape index (κ3) is 5.07. The van der Waals surface area contributed by atoms with E-state index in [2.05, 4.69) is 4.74 Å². The summed E-state index contributed by atoms with van der Waals surface area (Å²) in [7, 11) is 2.54. The van der Waals surface area contributed by atoms with Crippen molar-refractivity contribution in [3.63, 3.8) is 0 Å². The van der Waals surface area contributed by atoms with Crippen molar-refractivity contribution in [2.45, 2.75) is 0 Å². The summed E-state index contributed by atoms with van der Waals surface area (Å²) >= 11 is 12.6. The van der Waals surface area contributed by atoms with E-state index < -0.39 is 29.6 Å². The van der Waals surface area contributed by atoms with Crippen molar-refractivity contribution in [3.05, 3.63) is 62.5 Å². The molecule has 11 heteroatoms. The van der Waals surface area contributed by atoms with Crippen LogP contribution in [-0.4, -0.2) is 48.7 Å². The molecule has 3 rings (SSSR count). The van der Waals surface area contributed by atoms with Gasteiger partial charge in [0.25, 0.3) is 11.1 Å². The normalized spacial score (nSPS) is 14.6. The number of thioether (sulfide) groups is 1. The number of rotatable bonds is 6. The molecule has 0 N–H and O–H groups in total. The molecular formula is C21H15Cl2NO7S. The first-order valence-corrected chi connectivity index (χ1v) is 10.5. The van der Waals surface area contributed by atoms with Gasteiger partial charge in [0, 0.05) is 10.6 Å². The molecule has 1 heterocycles. The van der Waals surface area contributed by atoms with Gasteiger partial charge in [-0.3, -0.25) is 19.3 Å². The second kappa shape index (κ2) is 10.1. The molecule has 0 spiro atoms. The molecule has 2 aromatic rings. The standard InChI is InChI=1S/C21H15Cl2NO7S/c1-29-15-5-3-4-11(8-16-19(26)24(21(28)32-16)10-17(25)30-2)18(15)31-20(27)13-7-6-12(22)9-14(13)23/h3-9H,10H2,1-2H3/b16-8-. The van der Waals surface area contributed by atoms with Gasteiger partial charge in [-0.05, 0) is 42.1 Å². The average Bonchev–Trinajstić information content (AvgIpc) is 3.01. The van der Waals surface area contributed by atoms with Gasteiger partial charge >= 0.3 is 11.9 Å². The van der Waals surface area contributed by atoms with Crippen molar-refractivity contribution in [1.82, 2.24) is 4.90 Å². The number of carbonyl (C=O) groups excluding carboxylic acids is 4. The number of hydrogen-bond acceptors (Lipinski definition) is 8. The largest absolute Gasteiger partial charge is 0.493 e. The SMILES string of the molecule is COC(=O)CN1C(=O)S/C(=C\c2cccc(OC)c2OC(=O)c2ccc(Cl)cc2Cl)C1=O. The highest BCUT2D eigenvalue weighted by molar-refractivity contribution is 8.18. The fourth-order valence-corrected chi connectivity index (χ4v) is 4.01. The molecule has 1 aliphatic heterocycles. The molecule has 2 amide bonds. The Morgan fingerprint density at radius 1 is 1.12 bits per heavy atom. The smallest absolute Gasteiger partial charge is 0.345 e. The van der Waals surface area contributed by atoms with E-state index >= 15 is 0 Å². The van der Waals surface area contributed by atoms with Crippen LogP contribution in [0.5, 0.6) is 11.5 Å². The van der Waals surface area contributed by atoms with Crippen LogP contribution >= 0.6 is 35.0 Å². The van der Waals surface area contributed by atoms with E-state index in [-0.39, 0.29) is 27.0 Å². The lowest BCUT2D eigenvalue weighted by molar-refractivity contribution is -0.143. The Bertz CT molecular complexity index is 1150. The first-order chi connectivity index (χ1) is 15.2. The summed E-state index contributed by atoms with van der Waals surface area (Å²) in [5, 5.41) is -0.170. The maximum absolute atomic E-state index is 12.7. The zero-order valence-corrected chi connectivity index (χ0v) is 19.0. The number of benzene rings is 2. The van der Waals surface area contributed by atoms with Gasteiger partial charge in [0.2, 0.25) is 0 Å². The summed E-state index contributed by atoms with van der Waals surface area (Å²) in [4.78, 5) is 49.7. The second-order valence-electron chi connectivity index (χ2n) is 6.24. The Hall–Kier alpha value is -3.01. The molecule has 1 aliphatic rings. The molecule has 2 aromatic carbocycles. The summed E-state index contributed by atoms with van der Waals surface area (Å²) in [6.07, 6.45) is 1.37. The van der Waals surface area contributed by atoms with Crippen LogP contribution < -0.4 is 9.47 Å². The molecule has 8 nitrogen and oxygen atoms in total. The lowest BCUT2D eigenvalue weighted by Gasteiger charge is -2.13. The quantitative estimate of drug-likeness (QED) is 0.329. The minimum atomic E-state index is -0.774. The minimum Gasteiger partial charge on any atom is -0.493 e. The molecule has 0 aliphatic carbocycles. The van der Waals surface area contributed by atoms with Crippen LogP contribution in [0.4, 0.5) is 4.79 Å². The average molecular weight is 496 g/mol. The molecule has 166 valence electrons. The van der Waals surface area contributed by atoms with Crippen molar-refractivity contribution in [1.29, 1.82) is 0 Å². The van der Waals surface area contributed by atoms with Gasteiger partial charge in [-0.25, -0.2) is 4.79 Å². The molecule has 0 bridgehead atoms. The molecule has 0 unspecified atom stereocenters. The third-order valence-electron chi connectivity index (χ3n) is 4.25. The van der Waals surface area contributed by atoms with Crippen LogP contribution in [0.2, 0.25) is 10.0 Å². The fourth-order valence-electron chi connectivity index (χ4n) is 2.69. The molecule has 1 saturated heterocycles. The van der Waals surface area contributed by atoms with Gasteiger partial charge in [-0.15, -0.1) is 0 Å². The number of nitrogens with zero attached hydrogens (tertiary/aromatic N) is 1. The van der Waals surface area contributed by atoms with Gasteiger partial charge in [0.05, 0.1) is 29.7 Å². The summed E-state index contributed by atoms with van der Waals surface area (Å²) in [6.45, 7) is -0.506. The number of halogens is 2. The number of imide groups is 1. The number of para-hydroxylation sites is 1. The second-order valence-corrected chi connectivity index (χ2v) is 8.07. The molecule has 0 saturated carbocycles. The topological polar surface area (TPSA) is 99.2 Å². The molecule has 1 fully saturated rings. The number of methoxy groups -OCH3 is 2. The number of ether oxygens (including phenoxy) is 3. The van der Waals surface area contributed by atoms with E-state index in [0.29, 0.717) is 22.3 Å². The number of hydrogen-bond donors (Lipinski definition) is 0.